The van der Waals surface area contributed by atoms with Crippen molar-refractivity contribution in [3.63, 3.8) is 0 Å². The van der Waals surface area contributed by atoms with E-state index in [0.717, 1.165) is 84.0 Å². The van der Waals surface area contributed by atoms with E-state index in [2.05, 4.69) is 21.2 Å². The Balaban J connectivity index is 1.27. The van der Waals surface area contributed by atoms with E-state index in [4.69, 9.17) is 19.2 Å². The average Bonchev–Trinajstić information content (AvgIpc) is 3.79. The number of nitrogens with zero attached hydrogens (tertiary/aromatic N) is 3. The lowest BCUT2D eigenvalue weighted by Gasteiger charge is -2.29. The molecule has 0 unspecified atom stereocenters. The molecule has 8 nitrogen and oxygen atoms in total. The maximum Gasteiger partial charge on any atom is 0.254 e. The predicted octanol–water partition coefficient (Wildman–Crippen LogP) is 6.08. The normalized spacial score (nSPS) is 18.3. The summed E-state index contributed by atoms with van der Waals surface area (Å²) in [5.41, 5.74) is 4.32. The van der Waals surface area contributed by atoms with Gasteiger partial charge in [0, 0.05) is 30.2 Å². The first-order chi connectivity index (χ1) is 20.1. The fraction of sp³-hybridized carbons (Fsp3) is 0.333. The maximum absolute atomic E-state index is 14.3. The van der Waals surface area contributed by atoms with Crippen molar-refractivity contribution in [1.29, 1.82) is 0 Å². The highest BCUT2D eigenvalue weighted by Crippen LogP contribution is 2.37. The summed E-state index contributed by atoms with van der Waals surface area (Å²) >= 11 is 0. The van der Waals surface area contributed by atoms with Gasteiger partial charge in [-0.15, -0.1) is 0 Å². The molecule has 7 rings (SSSR count). The topological polar surface area (TPSA) is 76.2 Å². The predicted molar refractivity (Wildman–Crippen MR) is 159 cm³/mol. The molecule has 41 heavy (non-hydrogen) atoms. The van der Waals surface area contributed by atoms with E-state index in [0.29, 0.717) is 11.4 Å². The number of benzene rings is 3. The van der Waals surface area contributed by atoms with Crippen molar-refractivity contribution >= 4 is 28.3 Å². The minimum absolute atomic E-state index is 0.0692. The van der Waals surface area contributed by atoms with E-state index in [1.54, 1.807) is 7.11 Å². The number of hydrogen-bond acceptors (Lipinski definition) is 7. The molecular weight excluding hydrogens is 516 g/mol. The SMILES string of the molecule is COc1ccc(Nc2cc(C(=O)N3CCC[C@H]3CN3CCCC3)c3cc(-c4ccc5c(c4)OCO5)ccc3n2)cc1. The van der Waals surface area contributed by atoms with E-state index in [1.807, 2.05) is 60.7 Å². The molecule has 2 fully saturated rings. The number of rotatable bonds is 7. The van der Waals surface area contributed by atoms with Gasteiger partial charge < -0.3 is 29.3 Å². The van der Waals surface area contributed by atoms with Gasteiger partial charge >= 0.3 is 0 Å². The zero-order chi connectivity index (χ0) is 27.8. The Kier molecular flexibility index (Phi) is 6.84. The number of pyridine rings is 1. The molecule has 2 saturated heterocycles. The number of carbonyl (C=O) groups excluding carboxylic acids is 1. The molecule has 8 heteroatoms. The van der Waals surface area contributed by atoms with Crippen LogP contribution in [0.25, 0.3) is 22.0 Å². The van der Waals surface area contributed by atoms with Crippen molar-refractivity contribution in [3.05, 3.63) is 72.3 Å². The van der Waals surface area contributed by atoms with Gasteiger partial charge in [-0.25, -0.2) is 4.98 Å². The lowest BCUT2D eigenvalue weighted by atomic mass is 9.99. The Morgan fingerprint density at radius 3 is 2.54 bits per heavy atom. The van der Waals surface area contributed by atoms with Crippen molar-refractivity contribution < 1.29 is 19.0 Å². The van der Waals surface area contributed by atoms with Crippen LogP contribution in [0.4, 0.5) is 11.5 Å². The van der Waals surface area contributed by atoms with E-state index in [9.17, 15) is 4.79 Å². The van der Waals surface area contributed by atoms with Crippen LogP contribution in [0.3, 0.4) is 0 Å². The molecule has 3 aliphatic heterocycles. The molecule has 3 aliphatic rings. The largest absolute Gasteiger partial charge is 0.497 e. The van der Waals surface area contributed by atoms with Gasteiger partial charge in [0.2, 0.25) is 6.79 Å². The van der Waals surface area contributed by atoms with Gasteiger partial charge in [-0.1, -0.05) is 12.1 Å². The molecular formula is C33H34N4O4. The Hall–Kier alpha value is -4.30. The highest BCUT2D eigenvalue weighted by molar-refractivity contribution is 6.08. The minimum atomic E-state index is 0.0692. The third-order valence-electron chi connectivity index (χ3n) is 8.41. The number of carbonyl (C=O) groups is 1. The second-order valence-corrected chi connectivity index (χ2v) is 11.0. The fourth-order valence-corrected chi connectivity index (χ4v) is 6.26. The molecule has 3 aromatic carbocycles. The van der Waals surface area contributed by atoms with Crippen LogP contribution in [-0.4, -0.2) is 66.8 Å². The third-order valence-corrected chi connectivity index (χ3v) is 8.41. The molecule has 1 aromatic heterocycles. The number of nitrogens with one attached hydrogen (secondary N) is 1. The Labute approximate surface area is 239 Å². The number of aromatic nitrogens is 1. The molecule has 1 N–H and O–H groups in total. The molecule has 0 spiro atoms. The number of fused-ring (bicyclic) bond motifs is 2. The number of methoxy groups -OCH3 is 1. The summed E-state index contributed by atoms with van der Waals surface area (Å²) in [6, 6.07) is 21.9. The maximum atomic E-state index is 14.3. The van der Waals surface area contributed by atoms with Crippen molar-refractivity contribution in [3.8, 4) is 28.4 Å². The zero-order valence-corrected chi connectivity index (χ0v) is 23.3. The van der Waals surface area contributed by atoms with Crippen LogP contribution in [0.2, 0.25) is 0 Å². The lowest BCUT2D eigenvalue weighted by Crippen LogP contribution is -2.42. The number of amides is 1. The molecule has 210 valence electrons. The van der Waals surface area contributed by atoms with Crippen molar-refractivity contribution in [2.24, 2.45) is 0 Å². The van der Waals surface area contributed by atoms with Crippen LogP contribution in [0.1, 0.15) is 36.0 Å². The minimum Gasteiger partial charge on any atom is -0.497 e. The number of likely N-dealkylation sites (tertiary alicyclic amines) is 2. The fourth-order valence-electron chi connectivity index (χ4n) is 6.26. The number of hydrogen-bond donors (Lipinski definition) is 1. The Morgan fingerprint density at radius 2 is 1.71 bits per heavy atom. The Morgan fingerprint density at radius 1 is 0.927 bits per heavy atom. The van der Waals surface area contributed by atoms with Gasteiger partial charge in [0.15, 0.2) is 11.5 Å². The first kappa shape index (κ1) is 25.7. The molecule has 0 radical (unpaired) electrons. The zero-order valence-electron chi connectivity index (χ0n) is 23.3. The van der Waals surface area contributed by atoms with Crippen molar-refractivity contribution in [2.75, 3.05) is 45.4 Å². The van der Waals surface area contributed by atoms with Crippen LogP contribution in [0, 0.1) is 0 Å². The first-order valence-electron chi connectivity index (χ1n) is 14.4. The van der Waals surface area contributed by atoms with E-state index in [1.165, 1.54) is 12.8 Å². The third kappa shape index (κ3) is 5.15. The van der Waals surface area contributed by atoms with Crippen LogP contribution in [0.15, 0.2) is 66.7 Å². The quantitative estimate of drug-likeness (QED) is 0.299. The van der Waals surface area contributed by atoms with Gasteiger partial charge in [0.05, 0.1) is 18.2 Å². The summed E-state index contributed by atoms with van der Waals surface area (Å²) in [5, 5.41) is 4.25. The van der Waals surface area contributed by atoms with E-state index in [-0.39, 0.29) is 18.7 Å². The second kappa shape index (κ2) is 10.9. The van der Waals surface area contributed by atoms with Gasteiger partial charge in [0.1, 0.15) is 11.6 Å². The average molecular weight is 551 g/mol. The molecule has 1 amide bonds. The molecule has 4 heterocycles. The van der Waals surface area contributed by atoms with Crippen LogP contribution < -0.4 is 19.5 Å². The number of anilines is 2. The standard InChI is InChI=1S/C33H34N4O4/c1-39-26-10-8-24(9-11-26)34-32-19-28(33(38)37-16-4-5-25(37)20-36-14-2-3-15-36)27-17-22(6-12-29(27)35-32)23-7-13-30-31(18-23)41-21-40-30/h6-13,17-19,25H,2-5,14-16,20-21H2,1H3,(H,34,35)/t25-/m0/s1. The lowest BCUT2D eigenvalue weighted by molar-refractivity contribution is 0.0710. The summed E-state index contributed by atoms with van der Waals surface area (Å²) < 4.78 is 16.4. The van der Waals surface area contributed by atoms with Crippen molar-refractivity contribution in [2.45, 2.75) is 31.7 Å². The van der Waals surface area contributed by atoms with E-state index < -0.39 is 0 Å². The van der Waals surface area contributed by atoms with Gasteiger partial charge in [-0.3, -0.25) is 4.79 Å². The molecule has 0 saturated carbocycles. The number of ether oxygens (including phenoxy) is 3. The smallest absolute Gasteiger partial charge is 0.254 e. The monoisotopic (exact) mass is 550 g/mol. The summed E-state index contributed by atoms with van der Waals surface area (Å²) in [5.74, 6) is 2.97. The van der Waals surface area contributed by atoms with Gasteiger partial charge in [-0.2, -0.15) is 0 Å². The molecule has 1 atom stereocenters. The first-order valence-corrected chi connectivity index (χ1v) is 14.4. The molecule has 0 bridgehead atoms. The van der Waals surface area contributed by atoms with Crippen molar-refractivity contribution in [1.82, 2.24) is 14.8 Å². The second-order valence-electron chi connectivity index (χ2n) is 11.0. The Bertz CT molecular complexity index is 1580. The molecule has 0 aliphatic carbocycles. The van der Waals surface area contributed by atoms with E-state index >= 15 is 0 Å². The van der Waals surface area contributed by atoms with Gasteiger partial charge in [-0.05, 0) is 104 Å². The summed E-state index contributed by atoms with van der Waals surface area (Å²) in [6.07, 6.45) is 4.58. The van der Waals surface area contributed by atoms with Gasteiger partial charge in [0.25, 0.3) is 5.91 Å². The summed E-state index contributed by atoms with van der Waals surface area (Å²) in [6.45, 7) is 4.23. The van der Waals surface area contributed by atoms with Crippen LogP contribution in [-0.2, 0) is 0 Å². The highest BCUT2D eigenvalue weighted by Gasteiger charge is 2.32. The summed E-state index contributed by atoms with van der Waals surface area (Å²) in [7, 11) is 1.65. The van der Waals surface area contributed by atoms with Crippen LogP contribution in [0.5, 0.6) is 17.2 Å². The summed E-state index contributed by atoms with van der Waals surface area (Å²) in [4.78, 5) is 23.8. The molecule has 4 aromatic rings. The van der Waals surface area contributed by atoms with Crippen LogP contribution >= 0.6 is 0 Å². The highest BCUT2D eigenvalue weighted by atomic mass is 16.7.